The first-order chi connectivity index (χ1) is 9.21. The number of carbonyl (C=O) groups is 1. The summed E-state index contributed by atoms with van der Waals surface area (Å²) in [6.07, 6.45) is 4.75. The molecule has 1 aliphatic carbocycles. The zero-order valence-corrected chi connectivity index (χ0v) is 11.0. The summed E-state index contributed by atoms with van der Waals surface area (Å²) in [4.78, 5) is 12.6. The fourth-order valence-electron chi connectivity index (χ4n) is 2.65. The van der Waals surface area contributed by atoms with Crippen LogP contribution in [0.4, 0.5) is 5.82 Å². The van der Waals surface area contributed by atoms with Gasteiger partial charge in [0.05, 0.1) is 5.41 Å². The molecule has 0 radical (unpaired) electrons. The van der Waals surface area contributed by atoms with Crippen molar-refractivity contribution in [2.45, 2.75) is 24.7 Å². The van der Waals surface area contributed by atoms with E-state index in [0.29, 0.717) is 5.82 Å². The quantitative estimate of drug-likeness (QED) is 0.916. The molecule has 1 heterocycles. The van der Waals surface area contributed by atoms with E-state index in [0.717, 1.165) is 24.8 Å². The summed E-state index contributed by atoms with van der Waals surface area (Å²) in [7, 11) is 1.84. The minimum Gasteiger partial charge on any atom is -0.308 e. The summed E-state index contributed by atoms with van der Waals surface area (Å²) < 4.78 is 1.69. The molecule has 98 valence electrons. The predicted octanol–water partition coefficient (Wildman–Crippen LogP) is 2.48. The second-order valence-electron chi connectivity index (χ2n) is 5.13. The molecule has 0 atom stereocenters. The molecule has 0 unspecified atom stereocenters. The Hall–Kier alpha value is -2.10. The first-order valence-corrected chi connectivity index (χ1v) is 6.57. The molecular weight excluding hydrogens is 238 g/mol. The van der Waals surface area contributed by atoms with Crippen molar-refractivity contribution in [2.75, 3.05) is 5.32 Å². The van der Waals surface area contributed by atoms with Crippen molar-refractivity contribution in [3.8, 4) is 0 Å². The molecule has 1 aliphatic rings. The van der Waals surface area contributed by atoms with Crippen LogP contribution in [0.3, 0.4) is 0 Å². The largest absolute Gasteiger partial charge is 0.308 e. The van der Waals surface area contributed by atoms with Gasteiger partial charge in [-0.25, -0.2) is 0 Å². The molecule has 19 heavy (non-hydrogen) atoms. The van der Waals surface area contributed by atoms with Crippen molar-refractivity contribution in [3.05, 3.63) is 48.2 Å². The van der Waals surface area contributed by atoms with Crippen LogP contribution in [-0.2, 0) is 17.3 Å². The summed E-state index contributed by atoms with van der Waals surface area (Å²) in [6.45, 7) is 0. The molecule has 4 nitrogen and oxygen atoms in total. The van der Waals surface area contributed by atoms with Crippen LogP contribution in [0.15, 0.2) is 42.6 Å². The SMILES string of the molecule is Cn1ccc(NC(=O)C2(c3ccccc3)CCC2)n1. The van der Waals surface area contributed by atoms with Crippen molar-refractivity contribution in [2.24, 2.45) is 7.05 Å². The smallest absolute Gasteiger partial charge is 0.236 e. The van der Waals surface area contributed by atoms with Gasteiger partial charge in [0.2, 0.25) is 5.91 Å². The highest BCUT2D eigenvalue weighted by atomic mass is 16.2. The van der Waals surface area contributed by atoms with Gasteiger partial charge in [-0.2, -0.15) is 5.10 Å². The zero-order valence-electron chi connectivity index (χ0n) is 11.0. The van der Waals surface area contributed by atoms with Crippen molar-refractivity contribution < 1.29 is 4.79 Å². The van der Waals surface area contributed by atoms with E-state index in [9.17, 15) is 4.79 Å². The third kappa shape index (κ3) is 2.03. The molecular formula is C15H17N3O. The Morgan fingerprint density at radius 3 is 2.53 bits per heavy atom. The molecule has 0 saturated heterocycles. The molecule has 0 bridgehead atoms. The normalized spacial score (nSPS) is 16.7. The number of benzene rings is 1. The lowest BCUT2D eigenvalue weighted by atomic mass is 9.64. The van der Waals surface area contributed by atoms with Crippen LogP contribution in [0.5, 0.6) is 0 Å². The van der Waals surface area contributed by atoms with E-state index in [1.54, 1.807) is 4.68 Å². The number of hydrogen-bond donors (Lipinski definition) is 1. The third-order valence-corrected chi connectivity index (χ3v) is 3.92. The fraction of sp³-hybridized carbons (Fsp3) is 0.333. The maximum atomic E-state index is 12.6. The van der Waals surface area contributed by atoms with Gasteiger partial charge in [-0.1, -0.05) is 36.8 Å². The summed E-state index contributed by atoms with van der Waals surface area (Å²) in [5.41, 5.74) is 0.744. The molecule has 1 saturated carbocycles. The molecule has 1 amide bonds. The van der Waals surface area contributed by atoms with Gasteiger partial charge in [0.15, 0.2) is 5.82 Å². The number of hydrogen-bond acceptors (Lipinski definition) is 2. The van der Waals surface area contributed by atoms with E-state index in [-0.39, 0.29) is 11.3 Å². The van der Waals surface area contributed by atoms with Crippen LogP contribution < -0.4 is 5.32 Å². The lowest BCUT2D eigenvalue weighted by Gasteiger charge is -2.40. The zero-order chi connectivity index (χ0) is 13.3. The predicted molar refractivity (Wildman–Crippen MR) is 73.8 cm³/mol. The minimum atomic E-state index is -0.362. The first kappa shape index (κ1) is 12.0. The van der Waals surface area contributed by atoms with Gasteiger partial charge < -0.3 is 5.32 Å². The van der Waals surface area contributed by atoms with Gasteiger partial charge >= 0.3 is 0 Å². The number of carbonyl (C=O) groups excluding carboxylic acids is 1. The second kappa shape index (κ2) is 4.53. The monoisotopic (exact) mass is 255 g/mol. The molecule has 4 heteroatoms. The van der Waals surface area contributed by atoms with Crippen molar-refractivity contribution in [1.82, 2.24) is 9.78 Å². The van der Waals surface area contributed by atoms with Crippen LogP contribution in [-0.4, -0.2) is 15.7 Å². The van der Waals surface area contributed by atoms with E-state index in [4.69, 9.17) is 0 Å². The molecule has 0 spiro atoms. The highest BCUT2D eigenvalue weighted by Crippen LogP contribution is 2.44. The number of aryl methyl sites for hydroxylation is 1. The summed E-state index contributed by atoms with van der Waals surface area (Å²) in [5.74, 6) is 0.679. The van der Waals surface area contributed by atoms with Gasteiger partial charge in [0.25, 0.3) is 0 Å². The topological polar surface area (TPSA) is 46.9 Å². The van der Waals surface area contributed by atoms with Crippen LogP contribution in [0.25, 0.3) is 0 Å². The fourth-order valence-corrected chi connectivity index (χ4v) is 2.65. The lowest BCUT2D eigenvalue weighted by molar-refractivity contribution is -0.124. The Morgan fingerprint density at radius 2 is 2.00 bits per heavy atom. The molecule has 1 N–H and O–H groups in total. The van der Waals surface area contributed by atoms with Gasteiger partial charge in [-0.05, 0) is 18.4 Å². The Balaban J connectivity index is 1.84. The summed E-state index contributed by atoms with van der Waals surface area (Å²) >= 11 is 0. The number of nitrogens with zero attached hydrogens (tertiary/aromatic N) is 2. The Morgan fingerprint density at radius 1 is 1.26 bits per heavy atom. The van der Waals surface area contributed by atoms with E-state index in [1.165, 1.54) is 0 Å². The highest BCUT2D eigenvalue weighted by Gasteiger charge is 2.45. The molecule has 0 aliphatic heterocycles. The Labute approximate surface area is 112 Å². The average molecular weight is 255 g/mol. The van der Waals surface area contributed by atoms with Crippen molar-refractivity contribution in [1.29, 1.82) is 0 Å². The van der Waals surface area contributed by atoms with Gasteiger partial charge in [-0.3, -0.25) is 9.48 Å². The van der Waals surface area contributed by atoms with Crippen LogP contribution in [0.2, 0.25) is 0 Å². The number of aromatic nitrogens is 2. The standard InChI is InChI=1S/C15H17N3O/c1-18-11-8-13(17-18)16-14(19)15(9-5-10-15)12-6-3-2-4-7-12/h2-4,6-8,11H,5,9-10H2,1H3,(H,16,17,19). The summed E-state index contributed by atoms with van der Waals surface area (Å²) in [6, 6.07) is 11.9. The van der Waals surface area contributed by atoms with Crippen LogP contribution >= 0.6 is 0 Å². The van der Waals surface area contributed by atoms with Gasteiger partial charge in [-0.15, -0.1) is 0 Å². The van der Waals surface area contributed by atoms with Gasteiger partial charge in [0.1, 0.15) is 0 Å². The van der Waals surface area contributed by atoms with Gasteiger partial charge in [0, 0.05) is 19.3 Å². The van der Waals surface area contributed by atoms with E-state index in [2.05, 4.69) is 10.4 Å². The number of nitrogens with one attached hydrogen (secondary N) is 1. The maximum Gasteiger partial charge on any atom is 0.236 e. The number of rotatable bonds is 3. The minimum absolute atomic E-state index is 0.0589. The van der Waals surface area contributed by atoms with Crippen LogP contribution in [0, 0.1) is 0 Å². The van der Waals surface area contributed by atoms with E-state index in [1.807, 2.05) is 49.6 Å². The maximum absolute atomic E-state index is 12.6. The van der Waals surface area contributed by atoms with Crippen LogP contribution in [0.1, 0.15) is 24.8 Å². The Bertz CT molecular complexity index is 584. The number of anilines is 1. The van der Waals surface area contributed by atoms with Crippen molar-refractivity contribution >= 4 is 11.7 Å². The second-order valence-corrected chi connectivity index (χ2v) is 5.13. The van der Waals surface area contributed by atoms with E-state index >= 15 is 0 Å². The first-order valence-electron chi connectivity index (χ1n) is 6.57. The molecule has 1 aromatic heterocycles. The van der Waals surface area contributed by atoms with E-state index < -0.39 is 0 Å². The Kier molecular flexibility index (Phi) is 2.85. The molecule has 1 fully saturated rings. The molecule has 1 aromatic carbocycles. The highest BCUT2D eigenvalue weighted by molar-refractivity contribution is 5.99. The molecule has 3 rings (SSSR count). The lowest BCUT2D eigenvalue weighted by Crippen LogP contribution is -2.46. The average Bonchev–Trinajstić information content (AvgIpc) is 2.75. The third-order valence-electron chi connectivity index (χ3n) is 3.92. The summed E-state index contributed by atoms with van der Waals surface area (Å²) in [5, 5.41) is 7.13. The van der Waals surface area contributed by atoms with Crippen molar-refractivity contribution in [3.63, 3.8) is 0 Å². The molecule has 2 aromatic rings. The number of amides is 1.